The van der Waals surface area contributed by atoms with E-state index >= 15 is 0 Å². The highest BCUT2D eigenvalue weighted by atomic mass is 16.5. The van der Waals surface area contributed by atoms with E-state index in [2.05, 4.69) is 25.4 Å². The smallest absolute Gasteiger partial charge is 0.243 e. The number of hydrogen-bond donors (Lipinski definition) is 1. The second kappa shape index (κ2) is 6.11. The van der Waals surface area contributed by atoms with Crippen molar-refractivity contribution in [2.75, 3.05) is 44.7 Å². The van der Waals surface area contributed by atoms with E-state index in [-0.39, 0.29) is 0 Å². The molecular weight excluding hydrogens is 254 g/mol. The second-order valence-electron chi connectivity index (χ2n) is 5.01. The van der Waals surface area contributed by atoms with Crippen molar-refractivity contribution in [2.24, 2.45) is 0 Å². The number of aryl methyl sites for hydroxylation is 1. The Morgan fingerprint density at radius 1 is 1.20 bits per heavy atom. The summed E-state index contributed by atoms with van der Waals surface area (Å²) in [6.07, 6.45) is 0. The predicted molar refractivity (Wildman–Crippen MR) is 77.8 cm³/mol. The van der Waals surface area contributed by atoms with Crippen LogP contribution >= 0.6 is 0 Å². The van der Waals surface area contributed by atoms with Gasteiger partial charge in [-0.1, -0.05) is 6.07 Å². The van der Waals surface area contributed by atoms with Crippen molar-refractivity contribution in [1.82, 2.24) is 20.1 Å². The van der Waals surface area contributed by atoms with Gasteiger partial charge in [0.2, 0.25) is 5.95 Å². The van der Waals surface area contributed by atoms with Gasteiger partial charge in [-0.25, -0.2) is 4.98 Å². The fourth-order valence-corrected chi connectivity index (χ4v) is 2.27. The number of nitrogens with zero attached hydrogens (tertiary/aromatic N) is 4. The Morgan fingerprint density at radius 3 is 2.90 bits per heavy atom. The van der Waals surface area contributed by atoms with E-state index in [1.807, 2.05) is 25.1 Å². The lowest BCUT2D eigenvalue weighted by molar-refractivity contribution is 0.0398. The fourth-order valence-electron chi connectivity index (χ4n) is 2.27. The zero-order valence-corrected chi connectivity index (χ0v) is 11.7. The van der Waals surface area contributed by atoms with Crippen molar-refractivity contribution in [3.8, 4) is 0 Å². The number of fused-ring (bicyclic) bond motifs is 1. The van der Waals surface area contributed by atoms with Gasteiger partial charge in [0.25, 0.3) is 0 Å². The van der Waals surface area contributed by atoms with Crippen LogP contribution in [0.3, 0.4) is 0 Å². The molecule has 1 aliphatic rings. The lowest BCUT2D eigenvalue weighted by atomic mass is 10.2. The van der Waals surface area contributed by atoms with Gasteiger partial charge in [-0.15, -0.1) is 10.2 Å². The summed E-state index contributed by atoms with van der Waals surface area (Å²) in [6.45, 7) is 7.49. The molecule has 0 spiro atoms. The minimum atomic E-state index is 0.594. The van der Waals surface area contributed by atoms with Crippen LogP contribution in [0.5, 0.6) is 0 Å². The number of nitrogens with one attached hydrogen (secondary N) is 1. The minimum absolute atomic E-state index is 0.594. The molecule has 0 radical (unpaired) electrons. The maximum Gasteiger partial charge on any atom is 0.243 e. The summed E-state index contributed by atoms with van der Waals surface area (Å²) in [7, 11) is 0. The topological polar surface area (TPSA) is 63.2 Å². The summed E-state index contributed by atoms with van der Waals surface area (Å²) in [5.41, 5.74) is 2.89. The van der Waals surface area contributed by atoms with Crippen LogP contribution in [0.25, 0.3) is 11.0 Å². The van der Waals surface area contributed by atoms with E-state index in [0.29, 0.717) is 5.95 Å². The van der Waals surface area contributed by atoms with E-state index in [1.54, 1.807) is 0 Å². The Hall–Kier alpha value is -1.79. The molecule has 2 heterocycles. The molecule has 1 fully saturated rings. The number of ether oxygens (including phenoxy) is 1. The van der Waals surface area contributed by atoms with Crippen molar-refractivity contribution >= 4 is 17.0 Å². The molecule has 0 aliphatic carbocycles. The highest BCUT2D eigenvalue weighted by Crippen LogP contribution is 2.11. The van der Waals surface area contributed by atoms with Crippen LogP contribution in [-0.2, 0) is 4.74 Å². The first-order valence-electron chi connectivity index (χ1n) is 6.96. The van der Waals surface area contributed by atoms with Gasteiger partial charge in [-0.05, 0) is 24.6 Å². The van der Waals surface area contributed by atoms with Crippen LogP contribution < -0.4 is 5.32 Å². The summed E-state index contributed by atoms with van der Waals surface area (Å²) < 4.78 is 5.33. The molecule has 1 aromatic heterocycles. The molecule has 2 aromatic rings. The average Bonchev–Trinajstić information content (AvgIpc) is 2.48. The summed E-state index contributed by atoms with van der Waals surface area (Å²) in [4.78, 5) is 6.86. The molecular formula is C14H19N5O. The third-order valence-corrected chi connectivity index (χ3v) is 3.42. The Labute approximate surface area is 118 Å². The van der Waals surface area contributed by atoms with Crippen LogP contribution in [0.1, 0.15) is 5.56 Å². The SMILES string of the molecule is Cc1ccc2nnc(NCCN3CCOCC3)nc2c1. The van der Waals surface area contributed by atoms with Crippen molar-refractivity contribution in [3.63, 3.8) is 0 Å². The van der Waals surface area contributed by atoms with E-state index in [1.165, 1.54) is 5.56 Å². The molecule has 0 bridgehead atoms. The number of hydrogen-bond acceptors (Lipinski definition) is 6. The maximum atomic E-state index is 5.33. The molecule has 1 aromatic carbocycles. The first-order valence-corrected chi connectivity index (χ1v) is 6.96. The van der Waals surface area contributed by atoms with Gasteiger partial charge in [0, 0.05) is 26.2 Å². The third-order valence-electron chi connectivity index (χ3n) is 3.42. The average molecular weight is 273 g/mol. The van der Waals surface area contributed by atoms with Crippen molar-refractivity contribution in [3.05, 3.63) is 23.8 Å². The number of morpholine rings is 1. The molecule has 1 saturated heterocycles. The van der Waals surface area contributed by atoms with Gasteiger partial charge in [-0.3, -0.25) is 4.90 Å². The molecule has 20 heavy (non-hydrogen) atoms. The molecule has 1 aliphatic heterocycles. The normalized spacial score (nSPS) is 16.4. The summed E-state index contributed by atoms with van der Waals surface area (Å²) in [5.74, 6) is 0.594. The van der Waals surface area contributed by atoms with E-state index in [0.717, 1.165) is 50.4 Å². The van der Waals surface area contributed by atoms with Gasteiger partial charge in [0.1, 0.15) is 5.52 Å². The van der Waals surface area contributed by atoms with Crippen molar-refractivity contribution < 1.29 is 4.74 Å². The summed E-state index contributed by atoms with van der Waals surface area (Å²) in [6, 6.07) is 5.99. The van der Waals surface area contributed by atoms with Gasteiger partial charge >= 0.3 is 0 Å². The number of anilines is 1. The molecule has 3 rings (SSSR count). The lowest BCUT2D eigenvalue weighted by Gasteiger charge is -2.26. The van der Waals surface area contributed by atoms with Crippen LogP contribution in [0.2, 0.25) is 0 Å². The molecule has 106 valence electrons. The molecule has 0 amide bonds. The molecule has 0 atom stereocenters. The Morgan fingerprint density at radius 2 is 2.05 bits per heavy atom. The Kier molecular flexibility index (Phi) is 4.03. The van der Waals surface area contributed by atoms with Crippen LogP contribution in [-0.4, -0.2) is 59.5 Å². The van der Waals surface area contributed by atoms with Gasteiger partial charge < -0.3 is 10.1 Å². The zero-order chi connectivity index (χ0) is 13.8. The number of rotatable bonds is 4. The number of aromatic nitrogens is 3. The Bertz CT molecular complexity index is 583. The largest absolute Gasteiger partial charge is 0.379 e. The number of benzene rings is 1. The van der Waals surface area contributed by atoms with Gasteiger partial charge in [0.05, 0.1) is 18.7 Å². The maximum absolute atomic E-state index is 5.33. The van der Waals surface area contributed by atoms with Gasteiger partial charge in [0.15, 0.2) is 0 Å². The van der Waals surface area contributed by atoms with Crippen LogP contribution in [0.15, 0.2) is 18.2 Å². The molecule has 6 nitrogen and oxygen atoms in total. The highest BCUT2D eigenvalue weighted by molar-refractivity contribution is 5.75. The van der Waals surface area contributed by atoms with E-state index in [4.69, 9.17) is 4.74 Å². The second-order valence-corrected chi connectivity index (χ2v) is 5.01. The van der Waals surface area contributed by atoms with Crippen molar-refractivity contribution in [2.45, 2.75) is 6.92 Å². The van der Waals surface area contributed by atoms with Gasteiger partial charge in [-0.2, -0.15) is 0 Å². The lowest BCUT2D eigenvalue weighted by Crippen LogP contribution is -2.39. The molecule has 6 heteroatoms. The zero-order valence-electron chi connectivity index (χ0n) is 11.7. The summed E-state index contributed by atoms with van der Waals surface area (Å²) >= 11 is 0. The minimum Gasteiger partial charge on any atom is -0.379 e. The predicted octanol–water partition coefficient (Wildman–Crippen LogP) is 1.08. The summed E-state index contributed by atoms with van der Waals surface area (Å²) in [5, 5.41) is 11.5. The first kappa shape index (κ1) is 13.2. The van der Waals surface area contributed by atoms with Crippen LogP contribution in [0.4, 0.5) is 5.95 Å². The fraction of sp³-hybridized carbons (Fsp3) is 0.500. The first-order chi connectivity index (χ1) is 9.81. The molecule has 0 unspecified atom stereocenters. The Balaban J connectivity index is 1.59. The van der Waals surface area contributed by atoms with Crippen molar-refractivity contribution in [1.29, 1.82) is 0 Å². The molecule has 1 N–H and O–H groups in total. The standard InChI is InChI=1S/C14H19N5O/c1-11-2-3-12-13(10-11)16-14(18-17-12)15-4-5-19-6-8-20-9-7-19/h2-3,10H,4-9H2,1H3,(H,15,16,18). The third kappa shape index (κ3) is 3.20. The van der Waals surface area contributed by atoms with E-state index < -0.39 is 0 Å². The highest BCUT2D eigenvalue weighted by Gasteiger charge is 2.09. The quantitative estimate of drug-likeness (QED) is 0.899. The van der Waals surface area contributed by atoms with E-state index in [9.17, 15) is 0 Å². The molecule has 0 saturated carbocycles. The van der Waals surface area contributed by atoms with Crippen LogP contribution in [0, 0.1) is 6.92 Å². The monoisotopic (exact) mass is 273 g/mol.